The number of rotatable bonds is 5. The van der Waals surface area contributed by atoms with Crippen LogP contribution in [0.3, 0.4) is 0 Å². The van der Waals surface area contributed by atoms with Gasteiger partial charge in [0.1, 0.15) is 0 Å². The molecule has 1 fully saturated rings. The highest BCUT2D eigenvalue weighted by molar-refractivity contribution is 9.10. The molecule has 0 spiro atoms. The van der Waals surface area contributed by atoms with Crippen molar-refractivity contribution < 1.29 is 4.74 Å². The Morgan fingerprint density at radius 1 is 1.29 bits per heavy atom. The highest BCUT2D eigenvalue weighted by Crippen LogP contribution is 2.18. The summed E-state index contributed by atoms with van der Waals surface area (Å²) in [6.07, 6.45) is 4.25. The molecule has 1 aliphatic heterocycles. The number of aromatic nitrogens is 1. The molecule has 0 saturated carbocycles. The van der Waals surface area contributed by atoms with Crippen molar-refractivity contribution in [1.29, 1.82) is 0 Å². The molecule has 0 amide bonds. The number of nitrogens with one attached hydrogen (secondary N) is 1. The maximum atomic E-state index is 5.78. The summed E-state index contributed by atoms with van der Waals surface area (Å²) < 4.78 is 6.83. The van der Waals surface area contributed by atoms with E-state index < -0.39 is 0 Å². The van der Waals surface area contributed by atoms with Gasteiger partial charge < -0.3 is 15.0 Å². The smallest absolute Gasteiger partial charge is 0.173 e. The summed E-state index contributed by atoms with van der Waals surface area (Å²) in [5.41, 5.74) is 1.97. The monoisotopic (exact) mass is 405 g/mol. The molecule has 0 aliphatic carbocycles. The molecular formula is C18H20BrN3OS. The summed E-state index contributed by atoms with van der Waals surface area (Å²) >= 11 is 9.09. The minimum absolute atomic E-state index is 0.235. The van der Waals surface area contributed by atoms with Crippen LogP contribution in [0.15, 0.2) is 53.1 Å². The Bertz CT molecular complexity index is 660. The first-order chi connectivity index (χ1) is 11.7. The maximum Gasteiger partial charge on any atom is 0.173 e. The van der Waals surface area contributed by atoms with Crippen LogP contribution in [-0.4, -0.2) is 34.3 Å². The lowest BCUT2D eigenvalue weighted by Crippen LogP contribution is -2.39. The number of nitrogens with zero attached hydrogens (tertiary/aromatic N) is 2. The molecule has 24 heavy (non-hydrogen) atoms. The van der Waals surface area contributed by atoms with Crippen LogP contribution in [0.5, 0.6) is 0 Å². The fourth-order valence-corrected chi connectivity index (χ4v) is 3.20. The summed E-state index contributed by atoms with van der Waals surface area (Å²) in [6.45, 7) is 2.29. The molecule has 1 aliphatic rings. The molecule has 0 radical (unpaired) electrons. The predicted molar refractivity (Wildman–Crippen MR) is 104 cm³/mol. The number of halogens is 1. The van der Waals surface area contributed by atoms with E-state index in [1.165, 1.54) is 0 Å². The van der Waals surface area contributed by atoms with Crippen molar-refractivity contribution in [3.05, 3.63) is 58.8 Å². The summed E-state index contributed by atoms with van der Waals surface area (Å²) in [5, 5.41) is 4.01. The lowest BCUT2D eigenvalue weighted by atomic mass is 10.2. The van der Waals surface area contributed by atoms with Crippen LogP contribution in [0.25, 0.3) is 0 Å². The van der Waals surface area contributed by atoms with Gasteiger partial charge >= 0.3 is 0 Å². The fourth-order valence-electron chi connectivity index (χ4n) is 2.68. The third-order valence-electron chi connectivity index (χ3n) is 3.91. The second kappa shape index (κ2) is 8.55. The van der Waals surface area contributed by atoms with Crippen molar-refractivity contribution in [3.63, 3.8) is 0 Å². The first kappa shape index (κ1) is 17.3. The van der Waals surface area contributed by atoms with E-state index in [2.05, 4.69) is 31.1 Å². The van der Waals surface area contributed by atoms with E-state index in [1.807, 2.05) is 48.7 Å². The number of hydrogen-bond donors (Lipinski definition) is 1. The van der Waals surface area contributed by atoms with Crippen molar-refractivity contribution in [2.45, 2.75) is 25.5 Å². The lowest BCUT2D eigenvalue weighted by molar-refractivity contribution is 0.0903. The third-order valence-corrected chi connectivity index (χ3v) is 4.80. The van der Waals surface area contributed by atoms with E-state index in [-0.39, 0.29) is 6.10 Å². The zero-order valence-corrected chi connectivity index (χ0v) is 15.7. The fraction of sp³-hybridized carbons (Fsp3) is 0.333. The summed E-state index contributed by atoms with van der Waals surface area (Å²) in [7, 11) is 0. The molecule has 2 aromatic rings. The van der Waals surface area contributed by atoms with Gasteiger partial charge in [0.15, 0.2) is 5.11 Å². The van der Waals surface area contributed by atoms with E-state index in [4.69, 9.17) is 17.0 Å². The molecule has 3 rings (SSSR count). The Balaban J connectivity index is 1.69. The molecule has 6 heteroatoms. The molecule has 0 bridgehead atoms. The van der Waals surface area contributed by atoms with Crippen LogP contribution in [0.2, 0.25) is 0 Å². The Morgan fingerprint density at radius 3 is 2.79 bits per heavy atom. The van der Waals surface area contributed by atoms with Gasteiger partial charge in [-0.25, -0.2) is 0 Å². The average molecular weight is 406 g/mol. The standard InChI is InChI=1S/C18H20BrN3OS/c19-14-6-8-15(9-7-14)21-18(24)22(13-17-5-3-11-23-17)12-16-4-1-2-10-20-16/h1-2,4,6-10,17H,3,5,11-13H2,(H,21,24)/t17-/m1/s1. The molecule has 1 saturated heterocycles. The second-order valence-corrected chi connectivity index (χ2v) is 7.08. The van der Waals surface area contributed by atoms with Crippen LogP contribution in [0, 0.1) is 0 Å². The van der Waals surface area contributed by atoms with Gasteiger partial charge in [-0.15, -0.1) is 0 Å². The quantitative estimate of drug-likeness (QED) is 0.753. The Morgan fingerprint density at radius 2 is 2.12 bits per heavy atom. The van der Waals surface area contributed by atoms with E-state index in [1.54, 1.807) is 0 Å². The van der Waals surface area contributed by atoms with Crippen LogP contribution >= 0.6 is 28.1 Å². The maximum absolute atomic E-state index is 5.78. The molecule has 1 aromatic heterocycles. The zero-order chi connectivity index (χ0) is 16.8. The summed E-state index contributed by atoms with van der Waals surface area (Å²) in [5.74, 6) is 0. The van der Waals surface area contributed by atoms with Gasteiger partial charge in [0, 0.05) is 29.5 Å². The number of thiocarbonyl (C=S) groups is 1. The van der Waals surface area contributed by atoms with Crippen molar-refractivity contribution in [2.24, 2.45) is 0 Å². The Kier molecular flexibility index (Phi) is 6.18. The summed E-state index contributed by atoms with van der Waals surface area (Å²) in [6, 6.07) is 13.9. The van der Waals surface area contributed by atoms with Gasteiger partial charge in [-0.05, 0) is 61.5 Å². The van der Waals surface area contributed by atoms with Gasteiger partial charge in [0.05, 0.1) is 18.3 Å². The highest BCUT2D eigenvalue weighted by Gasteiger charge is 2.21. The zero-order valence-electron chi connectivity index (χ0n) is 13.3. The number of ether oxygens (including phenoxy) is 1. The predicted octanol–water partition coefficient (Wildman–Crippen LogP) is 4.22. The van der Waals surface area contributed by atoms with Gasteiger partial charge in [-0.2, -0.15) is 0 Å². The molecule has 1 aromatic carbocycles. The number of anilines is 1. The molecular weight excluding hydrogens is 386 g/mol. The van der Waals surface area contributed by atoms with E-state index >= 15 is 0 Å². The summed E-state index contributed by atoms with van der Waals surface area (Å²) in [4.78, 5) is 6.55. The number of pyridine rings is 1. The van der Waals surface area contributed by atoms with E-state index in [9.17, 15) is 0 Å². The lowest BCUT2D eigenvalue weighted by Gasteiger charge is -2.28. The first-order valence-corrected chi connectivity index (χ1v) is 9.24. The van der Waals surface area contributed by atoms with Crippen molar-refractivity contribution in [3.8, 4) is 0 Å². The number of benzene rings is 1. The second-order valence-electron chi connectivity index (χ2n) is 5.77. The largest absolute Gasteiger partial charge is 0.376 e. The van der Waals surface area contributed by atoms with Crippen molar-refractivity contribution >= 4 is 38.9 Å². The molecule has 2 heterocycles. The van der Waals surface area contributed by atoms with Crippen LogP contribution < -0.4 is 5.32 Å². The molecule has 1 atom stereocenters. The molecule has 126 valence electrons. The van der Waals surface area contributed by atoms with Gasteiger partial charge in [-0.1, -0.05) is 22.0 Å². The van der Waals surface area contributed by atoms with Gasteiger partial charge in [0.25, 0.3) is 0 Å². The normalized spacial score (nSPS) is 16.8. The Hall–Kier alpha value is -1.50. The van der Waals surface area contributed by atoms with Crippen LogP contribution in [-0.2, 0) is 11.3 Å². The first-order valence-electron chi connectivity index (χ1n) is 8.04. The van der Waals surface area contributed by atoms with Gasteiger partial charge in [-0.3, -0.25) is 4.98 Å². The topological polar surface area (TPSA) is 37.4 Å². The Labute approximate surface area is 156 Å². The van der Waals surface area contributed by atoms with Crippen molar-refractivity contribution in [1.82, 2.24) is 9.88 Å². The van der Waals surface area contributed by atoms with Crippen LogP contribution in [0.1, 0.15) is 18.5 Å². The third kappa shape index (κ3) is 5.00. The highest BCUT2D eigenvalue weighted by atomic mass is 79.9. The minimum Gasteiger partial charge on any atom is -0.376 e. The molecule has 1 N–H and O–H groups in total. The molecule has 0 unspecified atom stereocenters. The number of hydrogen-bond acceptors (Lipinski definition) is 3. The minimum atomic E-state index is 0.235. The average Bonchev–Trinajstić information content (AvgIpc) is 3.10. The van der Waals surface area contributed by atoms with Gasteiger partial charge in [0.2, 0.25) is 0 Å². The van der Waals surface area contributed by atoms with Crippen LogP contribution in [0.4, 0.5) is 5.69 Å². The van der Waals surface area contributed by atoms with Crippen molar-refractivity contribution in [2.75, 3.05) is 18.5 Å². The molecule has 4 nitrogen and oxygen atoms in total. The van der Waals surface area contributed by atoms with E-state index in [0.717, 1.165) is 41.8 Å². The SMILES string of the molecule is S=C(Nc1ccc(Br)cc1)N(Cc1ccccn1)C[C@H]1CCCO1. The van der Waals surface area contributed by atoms with E-state index in [0.29, 0.717) is 11.7 Å².